The molecule has 0 amide bonds. The zero-order chi connectivity index (χ0) is 11.5. The standard InChI is InChI=1S/C13H19NO2/c1-3-6-15-10-4-5-13-11(8-10)12(14)7-9(2)16-13/h4-5,8-9,12H,3,6-7,14H2,1-2H3. The number of benzene rings is 1. The highest BCUT2D eigenvalue weighted by atomic mass is 16.5. The first-order chi connectivity index (χ1) is 7.70. The summed E-state index contributed by atoms with van der Waals surface area (Å²) in [6.07, 6.45) is 2.07. The molecule has 0 aromatic heterocycles. The predicted molar refractivity (Wildman–Crippen MR) is 63.9 cm³/mol. The van der Waals surface area contributed by atoms with Gasteiger partial charge in [0, 0.05) is 18.0 Å². The van der Waals surface area contributed by atoms with Gasteiger partial charge in [-0.1, -0.05) is 6.92 Å². The van der Waals surface area contributed by atoms with Gasteiger partial charge in [0.15, 0.2) is 0 Å². The van der Waals surface area contributed by atoms with E-state index in [1.165, 1.54) is 0 Å². The van der Waals surface area contributed by atoms with Crippen molar-refractivity contribution in [1.82, 2.24) is 0 Å². The molecule has 16 heavy (non-hydrogen) atoms. The first kappa shape index (κ1) is 11.3. The highest BCUT2D eigenvalue weighted by Gasteiger charge is 2.23. The molecule has 0 radical (unpaired) electrons. The highest BCUT2D eigenvalue weighted by molar-refractivity contribution is 5.43. The number of hydrogen-bond donors (Lipinski definition) is 1. The van der Waals surface area contributed by atoms with Crippen LogP contribution in [0.4, 0.5) is 0 Å². The van der Waals surface area contributed by atoms with Crippen molar-refractivity contribution in [3.8, 4) is 11.5 Å². The fourth-order valence-electron chi connectivity index (χ4n) is 1.98. The van der Waals surface area contributed by atoms with Crippen LogP contribution in [0.5, 0.6) is 11.5 Å². The Hall–Kier alpha value is -1.22. The van der Waals surface area contributed by atoms with Crippen LogP contribution < -0.4 is 15.2 Å². The zero-order valence-corrected chi connectivity index (χ0v) is 9.90. The molecule has 0 saturated carbocycles. The van der Waals surface area contributed by atoms with E-state index in [2.05, 4.69) is 6.92 Å². The Morgan fingerprint density at radius 2 is 2.31 bits per heavy atom. The molecular formula is C13H19NO2. The van der Waals surface area contributed by atoms with Crippen molar-refractivity contribution in [2.45, 2.75) is 38.8 Å². The lowest BCUT2D eigenvalue weighted by Crippen LogP contribution is -2.27. The van der Waals surface area contributed by atoms with Crippen molar-refractivity contribution >= 4 is 0 Å². The topological polar surface area (TPSA) is 44.5 Å². The summed E-state index contributed by atoms with van der Waals surface area (Å²) in [5, 5.41) is 0. The van der Waals surface area contributed by atoms with Crippen molar-refractivity contribution in [3.63, 3.8) is 0 Å². The van der Waals surface area contributed by atoms with E-state index in [0.29, 0.717) is 0 Å². The monoisotopic (exact) mass is 221 g/mol. The van der Waals surface area contributed by atoms with E-state index in [-0.39, 0.29) is 12.1 Å². The Bertz CT molecular complexity index is 365. The quantitative estimate of drug-likeness (QED) is 0.853. The van der Waals surface area contributed by atoms with Gasteiger partial charge in [-0.2, -0.15) is 0 Å². The third-order valence-electron chi connectivity index (χ3n) is 2.77. The Labute approximate surface area is 96.5 Å². The minimum absolute atomic E-state index is 0.0592. The van der Waals surface area contributed by atoms with Gasteiger partial charge in [0.1, 0.15) is 11.5 Å². The van der Waals surface area contributed by atoms with Crippen LogP contribution in [0.25, 0.3) is 0 Å². The molecule has 1 aromatic carbocycles. The average Bonchev–Trinajstić information content (AvgIpc) is 2.26. The summed E-state index contributed by atoms with van der Waals surface area (Å²) in [5.74, 6) is 1.78. The second kappa shape index (κ2) is 4.74. The van der Waals surface area contributed by atoms with E-state index in [4.69, 9.17) is 15.2 Å². The highest BCUT2D eigenvalue weighted by Crippen LogP contribution is 2.35. The SMILES string of the molecule is CCCOc1ccc2c(c1)C(N)CC(C)O2. The Morgan fingerprint density at radius 3 is 3.06 bits per heavy atom. The number of fused-ring (bicyclic) bond motifs is 1. The maximum Gasteiger partial charge on any atom is 0.124 e. The number of ether oxygens (including phenoxy) is 2. The molecule has 1 aliphatic rings. The fourth-order valence-corrected chi connectivity index (χ4v) is 1.98. The van der Waals surface area contributed by atoms with E-state index >= 15 is 0 Å². The Kier molecular flexibility index (Phi) is 3.34. The summed E-state index contributed by atoms with van der Waals surface area (Å²) in [6, 6.07) is 5.96. The average molecular weight is 221 g/mol. The summed E-state index contributed by atoms with van der Waals surface area (Å²) in [6.45, 7) is 4.88. The van der Waals surface area contributed by atoms with Gasteiger partial charge < -0.3 is 15.2 Å². The molecule has 0 saturated heterocycles. The van der Waals surface area contributed by atoms with Crippen LogP contribution in [0.15, 0.2) is 18.2 Å². The molecule has 88 valence electrons. The minimum Gasteiger partial charge on any atom is -0.494 e. The third-order valence-corrected chi connectivity index (χ3v) is 2.77. The zero-order valence-electron chi connectivity index (χ0n) is 9.90. The van der Waals surface area contributed by atoms with Crippen LogP contribution in [0.3, 0.4) is 0 Å². The van der Waals surface area contributed by atoms with Gasteiger partial charge in [-0.05, 0) is 31.5 Å². The van der Waals surface area contributed by atoms with Gasteiger partial charge in [0.25, 0.3) is 0 Å². The Morgan fingerprint density at radius 1 is 1.50 bits per heavy atom. The summed E-state index contributed by atoms with van der Waals surface area (Å²) in [7, 11) is 0. The molecule has 2 unspecified atom stereocenters. The van der Waals surface area contributed by atoms with Crippen LogP contribution in [0.1, 0.15) is 38.3 Å². The number of rotatable bonds is 3. The molecule has 3 heteroatoms. The Balaban J connectivity index is 2.20. The van der Waals surface area contributed by atoms with Crippen molar-refractivity contribution < 1.29 is 9.47 Å². The maximum absolute atomic E-state index is 6.10. The summed E-state index contributed by atoms with van der Waals surface area (Å²) in [4.78, 5) is 0. The first-order valence-electron chi connectivity index (χ1n) is 5.89. The van der Waals surface area contributed by atoms with Crippen LogP contribution in [-0.4, -0.2) is 12.7 Å². The molecule has 0 bridgehead atoms. The molecule has 1 aromatic rings. The van der Waals surface area contributed by atoms with Gasteiger partial charge in [0.2, 0.25) is 0 Å². The van der Waals surface area contributed by atoms with Gasteiger partial charge >= 0.3 is 0 Å². The third kappa shape index (κ3) is 2.30. The molecule has 2 rings (SSSR count). The molecule has 2 N–H and O–H groups in total. The van der Waals surface area contributed by atoms with E-state index in [9.17, 15) is 0 Å². The smallest absolute Gasteiger partial charge is 0.124 e. The molecule has 0 spiro atoms. The lowest BCUT2D eigenvalue weighted by molar-refractivity contribution is 0.176. The van der Waals surface area contributed by atoms with Gasteiger partial charge in [-0.15, -0.1) is 0 Å². The van der Waals surface area contributed by atoms with E-state index in [1.54, 1.807) is 0 Å². The van der Waals surface area contributed by atoms with E-state index in [0.717, 1.165) is 36.5 Å². The molecule has 1 heterocycles. The van der Waals surface area contributed by atoms with Crippen LogP contribution in [0.2, 0.25) is 0 Å². The normalized spacial score (nSPS) is 23.4. The largest absolute Gasteiger partial charge is 0.494 e. The number of hydrogen-bond acceptors (Lipinski definition) is 3. The minimum atomic E-state index is 0.0592. The van der Waals surface area contributed by atoms with Crippen molar-refractivity contribution in [2.75, 3.05) is 6.61 Å². The summed E-state index contributed by atoms with van der Waals surface area (Å²) < 4.78 is 11.3. The van der Waals surface area contributed by atoms with Crippen molar-refractivity contribution in [3.05, 3.63) is 23.8 Å². The van der Waals surface area contributed by atoms with Crippen LogP contribution in [0, 0.1) is 0 Å². The van der Waals surface area contributed by atoms with Gasteiger partial charge in [0.05, 0.1) is 12.7 Å². The fraction of sp³-hybridized carbons (Fsp3) is 0.538. The van der Waals surface area contributed by atoms with Crippen LogP contribution >= 0.6 is 0 Å². The molecular weight excluding hydrogens is 202 g/mol. The summed E-state index contributed by atoms with van der Waals surface area (Å²) >= 11 is 0. The predicted octanol–water partition coefficient (Wildman–Crippen LogP) is 2.65. The molecule has 0 fully saturated rings. The van der Waals surface area contributed by atoms with Gasteiger partial charge in [-0.3, -0.25) is 0 Å². The maximum atomic E-state index is 6.10. The molecule has 3 nitrogen and oxygen atoms in total. The second-order valence-corrected chi connectivity index (χ2v) is 4.32. The van der Waals surface area contributed by atoms with Crippen molar-refractivity contribution in [2.24, 2.45) is 5.73 Å². The van der Waals surface area contributed by atoms with E-state index in [1.807, 2.05) is 25.1 Å². The van der Waals surface area contributed by atoms with Crippen LogP contribution in [-0.2, 0) is 0 Å². The molecule has 0 aliphatic carbocycles. The lowest BCUT2D eigenvalue weighted by atomic mass is 9.98. The first-order valence-corrected chi connectivity index (χ1v) is 5.89. The van der Waals surface area contributed by atoms with E-state index < -0.39 is 0 Å². The van der Waals surface area contributed by atoms with Gasteiger partial charge in [-0.25, -0.2) is 0 Å². The molecule has 1 aliphatic heterocycles. The number of nitrogens with two attached hydrogens (primary N) is 1. The summed E-state index contributed by atoms with van der Waals surface area (Å²) in [5.41, 5.74) is 7.16. The lowest BCUT2D eigenvalue weighted by Gasteiger charge is -2.28. The van der Waals surface area contributed by atoms with Crippen molar-refractivity contribution in [1.29, 1.82) is 0 Å². The molecule has 2 atom stereocenters. The second-order valence-electron chi connectivity index (χ2n) is 4.32.